The molecule has 0 N–H and O–H groups in total. The number of halogens is 1. The summed E-state index contributed by atoms with van der Waals surface area (Å²) in [5.74, 6) is -0.915. The third-order valence-electron chi connectivity index (χ3n) is 8.86. The number of ketones is 3. The number of carbonyl (C=O) groups excluding carboxylic acids is 3. The Morgan fingerprint density at radius 1 is 0.833 bits per heavy atom. The van der Waals surface area contributed by atoms with Gasteiger partial charge in [0.15, 0.2) is 28.8 Å². The first kappa shape index (κ1) is 26.2. The summed E-state index contributed by atoms with van der Waals surface area (Å²) in [5, 5.41) is 0.545. The van der Waals surface area contributed by atoms with Gasteiger partial charge in [-0.25, -0.2) is 0 Å². The van der Waals surface area contributed by atoms with Crippen LogP contribution < -0.4 is 14.4 Å². The van der Waals surface area contributed by atoms with Gasteiger partial charge in [-0.3, -0.25) is 14.4 Å². The highest BCUT2D eigenvalue weighted by atomic mass is 35.5. The molecule has 6 nitrogen and oxygen atoms in total. The zero-order chi connectivity index (χ0) is 29.2. The first-order valence-corrected chi connectivity index (χ1v) is 14.1. The van der Waals surface area contributed by atoms with E-state index in [1.165, 1.54) is 14.2 Å². The van der Waals surface area contributed by atoms with E-state index in [1.54, 1.807) is 54.6 Å². The molecule has 1 spiro atoms. The van der Waals surface area contributed by atoms with E-state index in [0.29, 0.717) is 38.8 Å². The molecule has 42 heavy (non-hydrogen) atoms. The number of nitrogens with zero attached hydrogens (tertiary/aromatic N) is 1. The zero-order valence-electron chi connectivity index (χ0n) is 22.9. The maximum Gasteiger partial charge on any atom is 0.185 e. The van der Waals surface area contributed by atoms with E-state index in [9.17, 15) is 14.4 Å². The van der Waals surface area contributed by atoms with Crippen LogP contribution in [0.1, 0.15) is 48.1 Å². The van der Waals surface area contributed by atoms with E-state index in [4.69, 9.17) is 21.1 Å². The van der Waals surface area contributed by atoms with Crippen molar-refractivity contribution in [3.63, 3.8) is 0 Å². The second kappa shape index (κ2) is 9.71. The standard InChI is InChI=1S/C35H26ClNO5/c1-41-27-14-8-13-25(32(27)42-2)29-30(31(38)20-9-4-3-5-10-20)37-26-17-16-22(36)19-21(26)15-18-28(37)35(29)33(39)23-11-6-7-12-24(23)34(35)40/h3-19,28-30H,1-2H3/t28-,29+,30-/m1/s1. The molecule has 4 aromatic carbocycles. The SMILES string of the molecule is COc1cccc([C@H]2[C@H](C(=O)c3ccccc3)N3c4ccc(Cl)cc4C=C[C@@H]3C23C(=O)c2ccccc2C3=O)c1OC. The summed E-state index contributed by atoms with van der Waals surface area (Å²) in [6.07, 6.45) is 3.77. The fourth-order valence-corrected chi connectivity index (χ4v) is 7.40. The molecule has 0 radical (unpaired) electrons. The zero-order valence-corrected chi connectivity index (χ0v) is 23.7. The molecule has 0 aromatic heterocycles. The molecule has 0 amide bonds. The summed E-state index contributed by atoms with van der Waals surface area (Å²) in [5.41, 5.74) is 1.63. The van der Waals surface area contributed by atoms with Crippen molar-refractivity contribution in [1.29, 1.82) is 0 Å². The van der Waals surface area contributed by atoms with Gasteiger partial charge in [0.2, 0.25) is 0 Å². The highest BCUT2D eigenvalue weighted by Crippen LogP contribution is 2.62. The van der Waals surface area contributed by atoms with Gasteiger partial charge < -0.3 is 14.4 Å². The molecule has 2 aliphatic heterocycles. The molecule has 0 saturated carbocycles. The van der Waals surface area contributed by atoms with Crippen LogP contribution in [0.2, 0.25) is 5.02 Å². The summed E-state index contributed by atoms with van der Waals surface area (Å²) < 4.78 is 11.5. The number of para-hydroxylation sites is 1. The normalized spacial score (nSPS) is 21.2. The lowest BCUT2D eigenvalue weighted by atomic mass is 9.64. The van der Waals surface area contributed by atoms with Crippen molar-refractivity contribution in [2.24, 2.45) is 5.41 Å². The number of Topliss-reactive ketones (excluding diaryl/α,β-unsaturated/α-hetero) is 3. The Bertz CT molecular complexity index is 1780. The monoisotopic (exact) mass is 575 g/mol. The summed E-state index contributed by atoms with van der Waals surface area (Å²) in [7, 11) is 3.06. The third kappa shape index (κ3) is 3.42. The molecule has 0 unspecified atom stereocenters. The molecule has 3 aliphatic rings. The second-order valence-electron chi connectivity index (χ2n) is 10.7. The predicted molar refractivity (Wildman–Crippen MR) is 161 cm³/mol. The van der Waals surface area contributed by atoms with Crippen LogP contribution in [0.15, 0.2) is 97.1 Å². The van der Waals surface area contributed by atoms with E-state index in [-0.39, 0.29) is 17.3 Å². The molecule has 1 aliphatic carbocycles. The minimum Gasteiger partial charge on any atom is -0.493 e. The highest BCUT2D eigenvalue weighted by Gasteiger charge is 2.72. The van der Waals surface area contributed by atoms with E-state index in [2.05, 4.69) is 0 Å². The predicted octanol–water partition coefficient (Wildman–Crippen LogP) is 6.67. The first-order valence-electron chi connectivity index (χ1n) is 13.7. The van der Waals surface area contributed by atoms with E-state index in [1.807, 2.05) is 53.5 Å². The smallest absolute Gasteiger partial charge is 0.185 e. The van der Waals surface area contributed by atoms with Crippen LogP contribution in [0.5, 0.6) is 11.5 Å². The number of fused-ring (bicyclic) bond motifs is 5. The summed E-state index contributed by atoms with van der Waals surface area (Å²) >= 11 is 6.38. The fraction of sp³-hybridized carbons (Fsp3) is 0.171. The lowest BCUT2D eigenvalue weighted by molar-refractivity contribution is 0.0664. The molecular weight excluding hydrogens is 550 g/mol. The highest BCUT2D eigenvalue weighted by molar-refractivity contribution is 6.33. The average molecular weight is 576 g/mol. The lowest BCUT2D eigenvalue weighted by Gasteiger charge is -2.37. The van der Waals surface area contributed by atoms with Gasteiger partial charge in [-0.05, 0) is 29.8 Å². The van der Waals surface area contributed by atoms with Crippen LogP contribution in [0.3, 0.4) is 0 Å². The Hall–Kier alpha value is -4.68. The van der Waals surface area contributed by atoms with Crippen LogP contribution in [-0.2, 0) is 0 Å². The number of carbonyl (C=O) groups is 3. The van der Waals surface area contributed by atoms with Crippen molar-refractivity contribution in [1.82, 2.24) is 0 Å². The Kier molecular flexibility index (Phi) is 6.06. The molecule has 4 aromatic rings. The average Bonchev–Trinajstić information content (AvgIpc) is 3.46. The Balaban J connectivity index is 1.59. The van der Waals surface area contributed by atoms with Gasteiger partial charge in [0.25, 0.3) is 0 Å². The Morgan fingerprint density at radius 3 is 2.19 bits per heavy atom. The van der Waals surface area contributed by atoms with E-state index >= 15 is 0 Å². The van der Waals surface area contributed by atoms with Gasteiger partial charge in [-0.1, -0.05) is 90.5 Å². The lowest BCUT2D eigenvalue weighted by Crippen LogP contribution is -2.48. The minimum absolute atomic E-state index is 0.208. The maximum absolute atomic E-state index is 14.8. The van der Waals surface area contributed by atoms with Gasteiger partial charge in [-0.2, -0.15) is 0 Å². The maximum atomic E-state index is 14.8. The summed E-state index contributed by atoms with van der Waals surface area (Å²) in [4.78, 5) is 46.3. The van der Waals surface area contributed by atoms with Crippen molar-refractivity contribution in [2.45, 2.75) is 18.0 Å². The van der Waals surface area contributed by atoms with Crippen LogP contribution in [0.25, 0.3) is 6.08 Å². The van der Waals surface area contributed by atoms with Crippen molar-refractivity contribution in [3.8, 4) is 11.5 Å². The van der Waals surface area contributed by atoms with Crippen molar-refractivity contribution < 1.29 is 23.9 Å². The molecule has 7 rings (SSSR count). The number of anilines is 1. The topological polar surface area (TPSA) is 72.9 Å². The van der Waals surface area contributed by atoms with Crippen molar-refractivity contribution in [2.75, 3.05) is 19.1 Å². The van der Waals surface area contributed by atoms with Gasteiger partial charge in [-0.15, -0.1) is 0 Å². The van der Waals surface area contributed by atoms with Crippen molar-refractivity contribution in [3.05, 3.63) is 130 Å². The Labute approximate surface area is 248 Å². The van der Waals surface area contributed by atoms with Gasteiger partial charge in [0.1, 0.15) is 11.5 Å². The number of hydrogen-bond donors (Lipinski definition) is 0. The molecule has 7 heteroatoms. The summed E-state index contributed by atoms with van der Waals surface area (Å²) in [6, 6.07) is 25.0. The van der Waals surface area contributed by atoms with E-state index in [0.717, 1.165) is 11.3 Å². The molecule has 2 heterocycles. The van der Waals surface area contributed by atoms with Crippen molar-refractivity contribution >= 4 is 40.7 Å². The number of ether oxygens (including phenoxy) is 2. The largest absolute Gasteiger partial charge is 0.493 e. The van der Waals surface area contributed by atoms with Gasteiger partial charge in [0.05, 0.1) is 20.3 Å². The minimum atomic E-state index is -1.65. The molecule has 1 fully saturated rings. The molecule has 208 valence electrons. The molecule has 1 saturated heterocycles. The number of benzene rings is 4. The van der Waals surface area contributed by atoms with Gasteiger partial charge >= 0.3 is 0 Å². The van der Waals surface area contributed by atoms with Crippen LogP contribution in [0.4, 0.5) is 5.69 Å². The molecule has 3 atom stereocenters. The van der Waals surface area contributed by atoms with Gasteiger partial charge in [0, 0.05) is 38.9 Å². The first-order chi connectivity index (χ1) is 20.4. The van der Waals surface area contributed by atoms with E-state index < -0.39 is 23.4 Å². The van der Waals surface area contributed by atoms with Crippen LogP contribution in [-0.4, -0.2) is 43.7 Å². The molecular formula is C35H26ClNO5. The Morgan fingerprint density at radius 2 is 1.52 bits per heavy atom. The quantitative estimate of drug-likeness (QED) is 0.195. The molecule has 0 bridgehead atoms. The summed E-state index contributed by atoms with van der Waals surface area (Å²) in [6.45, 7) is 0. The number of hydrogen-bond acceptors (Lipinski definition) is 6. The third-order valence-corrected chi connectivity index (χ3v) is 9.10. The van der Waals surface area contributed by atoms with Crippen LogP contribution in [0, 0.1) is 5.41 Å². The second-order valence-corrected chi connectivity index (χ2v) is 11.2. The number of methoxy groups -OCH3 is 2. The number of rotatable bonds is 5. The van der Waals surface area contributed by atoms with Crippen LogP contribution >= 0.6 is 11.6 Å². The fourth-order valence-electron chi connectivity index (χ4n) is 7.22.